The van der Waals surface area contributed by atoms with Crippen LogP contribution < -0.4 is 10.9 Å². The summed E-state index contributed by atoms with van der Waals surface area (Å²) in [7, 11) is 0. The van der Waals surface area contributed by atoms with Crippen LogP contribution in [0.15, 0.2) is 59.0 Å². The summed E-state index contributed by atoms with van der Waals surface area (Å²) in [5, 5.41) is 5.15. The van der Waals surface area contributed by atoms with E-state index in [4.69, 9.17) is 0 Å². The molecule has 4 aromatic rings. The summed E-state index contributed by atoms with van der Waals surface area (Å²) in [6.07, 6.45) is 1.44. The van der Waals surface area contributed by atoms with Crippen LogP contribution in [-0.2, 0) is 4.79 Å². The van der Waals surface area contributed by atoms with Crippen molar-refractivity contribution in [2.45, 2.75) is 33.7 Å². The Labute approximate surface area is 189 Å². The largest absolute Gasteiger partial charge is 0.326 e. The van der Waals surface area contributed by atoms with Gasteiger partial charge < -0.3 is 5.32 Å². The Morgan fingerprint density at radius 3 is 2.44 bits per heavy atom. The number of anilines is 1. The standard InChI is InChI=1S/C25H23N3O3S/c1-14-5-6-19(11-15(14)2)21-12-32-24-22(21)25(31)28(13-26-24)16(3)23(30)18-7-9-20(10-8-18)27-17(4)29/h5-13,16H,1-4H3,(H,27,29). The highest BCUT2D eigenvalue weighted by atomic mass is 32.1. The summed E-state index contributed by atoms with van der Waals surface area (Å²) in [4.78, 5) is 42.8. The van der Waals surface area contributed by atoms with E-state index in [0.29, 0.717) is 21.5 Å². The third-order valence-corrected chi connectivity index (χ3v) is 6.51. The minimum absolute atomic E-state index is 0.182. The van der Waals surface area contributed by atoms with E-state index in [1.54, 1.807) is 31.2 Å². The predicted molar refractivity (Wildman–Crippen MR) is 129 cm³/mol. The molecule has 0 spiro atoms. The molecule has 0 saturated carbocycles. The summed E-state index contributed by atoms with van der Waals surface area (Å²) in [6, 6.07) is 12.0. The number of fused-ring (bicyclic) bond motifs is 1. The Balaban J connectivity index is 1.72. The average Bonchev–Trinajstić information content (AvgIpc) is 3.20. The first-order valence-electron chi connectivity index (χ1n) is 10.2. The zero-order chi connectivity index (χ0) is 23.0. The lowest BCUT2D eigenvalue weighted by molar-refractivity contribution is -0.114. The van der Waals surface area contributed by atoms with Gasteiger partial charge in [-0.1, -0.05) is 18.2 Å². The number of carbonyl (C=O) groups is 2. The van der Waals surface area contributed by atoms with Crippen LogP contribution in [0, 0.1) is 13.8 Å². The lowest BCUT2D eigenvalue weighted by atomic mass is 10.0. The van der Waals surface area contributed by atoms with Crippen molar-refractivity contribution < 1.29 is 9.59 Å². The third-order valence-electron chi connectivity index (χ3n) is 5.62. The van der Waals surface area contributed by atoms with Gasteiger partial charge in [0.2, 0.25) is 5.91 Å². The lowest BCUT2D eigenvalue weighted by Gasteiger charge is -2.14. The molecule has 0 radical (unpaired) electrons. The molecule has 4 rings (SSSR count). The van der Waals surface area contributed by atoms with E-state index in [2.05, 4.69) is 23.3 Å². The first kappa shape index (κ1) is 21.6. The van der Waals surface area contributed by atoms with E-state index in [9.17, 15) is 14.4 Å². The van der Waals surface area contributed by atoms with Crippen molar-refractivity contribution in [2.75, 3.05) is 5.32 Å². The van der Waals surface area contributed by atoms with Gasteiger partial charge in [-0.2, -0.15) is 0 Å². The third kappa shape index (κ3) is 3.99. The number of rotatable bonds is 5. The first-order chi connectivity index (χ1) is 15.3. The monoisotopic (exact) mass is 445 g/mol. The zero-order valence-corrected chi connectivity index (χ0v) is 19.1. The number of benzene rings is 2. The fraction of sp³-hybridized carbons (Fsp3) is 0.200. The Bertz CT molecular complexity index is 1400. The Hall–Kier alpha value is -3.58. The van der Waals surface area contributed by atoms with Crippen LogP contribution in [0.2, 0.25) is 0 Å². The first-order valence-corrected chi connectivity index (χ1v) is 11.1. The number of aryl methyl sites for hydroxylation is 2. The molecule has 0 saturated heterocycles. The number of hydrogen-bond acceptors (Lipinski definition) is 5. The molecule has 2 heterocycles. The molecule has 1 unspecified atom stereocenters. The number of nitrogens with zero attached hydrogens (tertiary/aromatic N) is 2. The van der Waals surface area contributed by atoms with Crippen LogP contribution in [0.5, 0.6) is 0 Å². The topological polar surface area (TPSA) is 81.1 Å². The Morgan fingerprint density at radius 1 is 1.06 bits per heavy atom. The van der Waals surface area contributed by atoms with Crippen molar-refractivity contribution in [1.82, 2.24) is 9.55 Å². The maximum absolute atomic E-state index is 13.4. The maximum atomic E-state index is 13.4. The summed E-state index contributed by atoms with van der Waals surface area (Å²) in [6.45, 7) is 7.21. The molecule has 1 N–H and O–H groups in total. The molecule has 32 heavy (non-hydrogen) atoms. The molecule has 2 aromatic carbocycles. The van der Waals surface area contributed by atoms with Crippen LogP contribution in [-0.4, -0.2) is 21.2 Å². The summed E-state index contributed by atoms with van der Waals surface area (Å²) in [5.74, 6) is -0.385. The highest BCUT2D eigenvalue weighted by Crippen LogP contribution is 2.32. The second kappa shape index (κ2) is 8.51. The molecule has 7 heteroatoms. The van der Waals surface area contributed by atoms with Crippen molar-refractivity contribution >= 4 is 38.9 Å². The van der Waals surface area contributed by atoms with Crippen LogP contribution in [0.25, 0.3) is 21.3 Å². The van der Waals surface area contributed by atoms with Gasteiger partial charge in [0, 0.05) is 29.1 Å². The highest BCUT2D eigenvalue weighted by Gasteiger charge is 2.21. The normalized spacial score (nSPS) is 12.0. The number of ketones is 1. The minimum atomic E-state index is -0.724. The molecule has 2 aromatic heterocycles. The highest BCUT2D eigenvalue weighted by molar-refractivity contribution is 7.17. The molecule has 1 atom stereocenters. The van der Waals surface area contributed by atoms with Gasteiger partial charge in [-0.3, -0.25) is 19.0 Å². The lowest BCUT2D eigenvalue weighted by Crippen LogP contribution is -2.28. The van der Waals surface area contributed by atoms with E-state index >= 15 is 0 Å². The van der Waals surface area contributed by atoms with Crippen molar-refractivity contribution in [3.05, 3.63) is 81.2 Å². The second-order valence-electron chi connectivity index (χ2n) is 7.88. The van der Waals surface area contributed by atoms with Crippen molar-refractivity contribution in [1.29, 1.82) is 0 Å². The quantitative estimate of drug-likeness (QED) is 0.431. The zero-order valence-electron chi connectivity index (χ0n) is 18.3. The molecular formula is C25H23N3O3S. The Morgan fingerprint density at radius 2 is 1.78 bits per heavy atom. The molecule has 0 bridgehead atoms. The number of carbonyl (C=O) groups excluding carboxylic acids is 2. The maximum Gasteiger partial charge on any atom is 0.263 e. The van der Waals surface area contributed by atoms with E-state index < -0.39 is 6.04 Å². The van der Waals surface area contributed by atoms with E-state index in [0.717, 1.165) is 16.7 Å². The van der Waals surface area contributed by atoms with Gasteiger partial charge in [-0.05, 0) is 61.7 Å². The van der Waals surface area contributed by atoms with Crippen LogP contribution in [0.3, 0.4) is 0 Å². The minimum Gasteiger partial charge on any atom is -0.326 e. The fourth-order valence-corrected chi connectivity index (χ4v) is 4.54. The van der Waals surface area contributed by atoms with Crippen molar-refractivity contribution in [3.8, 4) is 11.1 Å². The number of nitrogens with one attached hydrogen (secondary N) is 1. The van der Waals surface area contributed by atoms with Crippen LogP contribution >= 0.6 is 11.3 Å². The smallest absolute Gasteiger partial charge is 0.263 e. The van der Waals surface area contributed by atoms with Crippen LogP contribution in [0.1, 0.15) is 41.4 Å². The van der Waals surface area contributed by atoms with Gasteiger partial charge in [0.1, 0.15) is 4.83 Å². The summed E-state index contributed by atoms with van der Waals surface area (Å²) < 4.78 is 1.39. The molecule has 0 aliphatic heterocycles. The van der Waals surface area contributed by atoms with E-state index in [1.807, 2.05) is 24.4 Å². The van der Waals surface area contributed by atoms with Crippen LogP contribution in [0.4, 0.5) is 5.69 Å². The molecule has 1 amide bonds. The van der Waals surface area contributed by atoms with E-state index in [1.165, 1.54) is 34.7 Å². The molecule has 162 valence electrons. The predicted octanol–water partition coefficient (Wildman–Crippen LogP) is 5.14. The number of Topliss-reactive ketones (excluding diaryl/α,β-unsaturated/α-hetero) is 1. The van der Waals surface area contributed by atoms with Crippen molar-refractivity contribution in [2.24, 2.45) is 0 Å². The molecular weight excluding hydrogens is 422 g/mol. The number of hydrogen-bond donors (Lipinski definition) is 1. The van der Waals surface area contributed by atoms with Gasteiger partial charge in [0.05, 0.1) is 17.8 Å². The number of aromatic nitrogens is 2. The molecule has 0 aliphatic carbocycles. The number of amides is 1. The molecule has 0 aliphatic rings. The SMILES string of the molecule is CC(=O)Nc1ccc(C(=O)C(C)n2cnc3scc(-c4ccc(C)c(C)c4)c3c2=O)cc1. The van der Waals surface area contributed by atoms with E-state index in [-0.39, 0.29) is 17.2 Å². The van der Waals surface area contributed by atoms with Gasteiger partial charge in [-0.25, -0.2) is 4.98 Å². The molecule has 0 fully saturated rings. The Kier molecular flexibility index (Phi) is 5.76. The summed E-state index contributed by atoms with van der Waals surface area (Å²) in [5.41, 5.74) is 4.96. The molecule has 6 nitrogen and oxygen atoms in total. The van der Waals surface area contributed by atoms with Gasteiger partial charge in [0.25, 0.3) is 5.56 Å². The number of thiophene rings is 1. The summed E-state index contributed by atoms with van der Waals surface area (Å²) >= 11 is 1.42. The van der Waals surface area contributed by atoms with Crippen molar-refractivity contribution in [3.63, 3.8) is 0 Å². The van der Waals surface area contributed by atoms with Gasteiger partial charge in [-0.15, -0.1) is 11.3 Å². The fourth-order valence-electron chi connectivity index (χ4n) is 3.63. The second-order valence-corrected chi connectivity index (χ2v) is 8.74. The average molecular weight is 446 g/mol. The van der Waals surface area contributed by atoms with Gasteiger partial charge >= 0.3 is 0 Å². The van der Waals surface area contributed by atoms with Gasteiger partial charge in [0.15, 0.2) is 5.78 Å².